The third-order valence-electron chi connectivity index (χ3n) is 6.08. The van der Waals surface area contributed by atoms with Gasteiger partial charge in [-0.1, -0.05) is 0 Å². The van der Waals surface area contributed by atoms with Crippen LogP contribution < -0.4 is 9.47 Å². The van der Waals surface area contributed by atoms with Gasteiger partial charge in [-0.2, -0.15) is 0 Å². The Morgan fingerprint density at radius 3 is 2.56 bits per heavy atom. The second kappa shape index (κ2) is 7.03. The van der Waals surface area contributed by atoms with Crippen molar-refractivity contribution in [3.63, 3.8) is 0 Å². The van der Waals surface area contributed by atoms with Crippen LogP contribution in [0.3, 0.4) is 0 Å². The standard InChI is InChI=1S/C20H25NO6/c1-25-17-7-11-5-6-21(20(24)14-8-12-3-4-16(14)27-12)15(10-19(22)23)13(11)9-18(17)26-2/h7,9,12,14-16H,3-6,8,10H2,1-2H3,(H,22,23). The predicted molar refractivity (Wildman–Crippen MR) is 96.0 cm³/mol. The molecular formula is C20H25NO6. The van der Waals surface area contributed by atoms with Gasteiger partial charge in [-0.15, -0.1) is 0 Å². The van der Waals surface area contributed by atoms with Crippen molar-refractivity contribution in [3.05, 3.63) is 23.3 Å². The van der Waals surface area contributed by atoms with E-state index in [1.54, 1.807) is 19.1 Å². The molecule has 7 heteroatoms. The molecule has 0 radical (unpaired) electrons. The summed E-state index contributed by atoms with van der Waals surface area (Å²) in [7, 11) is 3.13. The molecule has 1 N–H and O–H groups in total. The number of carboxylic acid groups (broad SMARTS) is 1. The SMILES string of the molecule is COc1cc2c(cc1OC)C(CC(=O)O)N(C(=O)C1CC3CCC1O3)CC2. The molecule has 4 atom stereocenters. The van der Waals surface area contributed by atoms with Crippen LogP contribution in [-0.4, -0.2) is 54.9 Å². The van der Waals surface area contributed by atoms with E-state index in [4.69, 9.17) is 14.2 Å². The molecule has 0 spiro atoms. The first-order valence-electron chi connectivity index (χ1n) is 9.44. The average Bonchev–Trinajstić information content (AvgIpc) is 3.29. The summed E-state index contributed by atoms with van der Waals surface area (Å²) in [5, 5.41) is 9.47. The second-order valence-corrected chi connectivity index (χ2v) is 7.52. The van der Waals surface area contributed by atoms with E-state index < -0.39 is 12.0 Å². The molecule has 0 aliphatic carbocycles. The number of hydrogen-bond acceptors (Lipinski definition) is 5. The number of carbonyl (C=O) groups excluding carboxylic acids is 1. The fourth-order valence-corrected chi connectivity index (χ4v) is 4.79. The number of rotatable bonds is 5. The number of carbonyl (C=O) groups is 2. The minimum absolute atomic E-state index is 0.0141. The van der Waals surface area contributed by atoms with Gasteiger partial charge in [0.15, 0.2) is 11.5 Å². The summed E-state index contributed by atoms with van der Waals surface area (Å²) >= 11 is 0. The number of nitrogens with zero attached hydrogens (tertiary/aromatic N) is 1. The van der Waals surface area contributed by atoms with Gasteiger partial charge < -0.3 is 24.2 Å². The quantitative estimate of drug-likeness (QED) is 0.849. The molecule has 0 aromatic heterocycles. The molecule has 3 aliphatic rings. The lowest BCUT2D eigenvalue weighted by Gasteiger charge is -2.39. The van der Waals surface area contributed by atoms with Gasteiger partial charge in [0.05, 0.1) is 44.8 Å². The van der Waals surface area contributed by atoms with Crippen molar-refractivity contribution >= 4 is 11.9 Å². The van der Waals surface area contributed by atoms with Gasteiger partial charge in [0.25, 0.3) is 0 Å². The number of methoxy groups -OCH3 is 2. The lowest BCUT2D eigenvalue weighted by Crippen LogP contribution is -2.46. The molecular weight excluding hydrogens is 350 g/mol. The van der Waals surface area contributed by atoms with Crippen LogP contribution in [0.2, 0.25) is 0 Å². The third kappa shape index (κ3) is 3.14. The van der Waals surface area contributed by atoms with Gasteiger partial charge in [0.1, 0.15) is 0 Å². The van der Waals surface area contributed by atoms with E-state index in [0.29, 0.717) is 24.5 Å². The summed E-state index contributed by atoms with van der Waals surface area (Å²) in [5.41, 5.74) is 1.84. The fourth-order valence-electron chi connectivity index (χ4n) is 4.79. The van der Waals surface area contributed by atoms with E-state index in [-0.39, 0.29) is 30.5 Å². The number of ether oxygens (including phenoxy) is 3. The van der Waals surface area contributed by atoms with Gasteiger partial charge in [-0.25, -0.2) is 0 Å². The molecule has 2 bridgehead atoms. The third-order valence-corrected chi connectivity index (χ3v) is 6.08. The molecule has 1 aromatic rings. The van der Waals surface area contributed by atoms with Crippen LogP contribution >= 0.6 is 0 Å². The maximum absolute atomic E-state index is 13.3. The Kier molecular flexibility index (Phi) is 4.72. The molecule has 1 aromatic carbocycles. The fraction of sp³-hybridized carbons (Fsp3) is 0.600. The summed E-state index contributed by atoms with van der Waals surface area (Å²) in [6, 6.07) is 3.21. The van der Waals surface area contributed by atoms with Crippen molar-refractivity contribution in [1.29, 1.82) is 0 Å². The second-order valence-electron chi connectivity index (χ2n) is 7.52. The van der Waals surface area contributed by atoms with E-state index in [2.05, 4.69) is 0 Å². The molecule has 3 aliphatic heterocycles. The van der Waals surface area contributed by atoms with Crippen LogP contribution in [0.1, 0.15) is 42.9 Å². The Morgan fingerprint density at radius 2 is 1.96 bits per heavy atom. The molecule has 4 unspecified atom stereocenters. The highest BCUT2D eigenvalue weighted by atomic mass is 16.5. The molecule has 146 valence electrons. The first-order valence-corrected chi connectivity index (χ1v) is 9.44. The van der Waals surface area contributed by atoms with Crippen molar-refractivity contribution in [3.8, 4) is 11.5 Å². The highest BCUT2D eigenvalue weighted by molar-refractivity contribution is 5.82. The van der Waals surface area contributed by atoms with Crippen LogP contribution in [0, 0.1) is 5.92 Å². The van der Waals surface area contributed by atoms with Crippen LogP contribution in [0.4, 0.5) is 0 Å². The summed E-state index contributed by atoms with van der Waals surface area (Å²) in [5.74, 6) is 0.107. The van der Waals surface area contributed by atoms with E-state index >= 15 is 0 Å². The van der Waals surface area contributed by atoms with Crippen LogP contribution in [0.25, 0.3) is 0 Å². The van der Waals surface area contributed by atoms with Crippen LogP contribution in [0.15, 0.2) is 12.1 Å². The number of amides is 1. The Labute approximate surface area is 158 Å². The van der Waals surface area contributed by atoms with E-state index in [9.17, 15) is 14.7 Å². The van der Waals surface area contributed by atoms with Crippen molar-refractivity contribution in [2.75, 3.05) is 20.8 Å². The summed E-state index contributed by atoms with van der Waals surface area (Å²) in [4.78, 5) is 26.6. The lowest BCUT2D eigenvalue weighted by atomic mass is 9.85. The zero-order valence-corrected chi connectivity index (χ0v) is 15.6. The Bertz CT molecular complexity index is 763. The first-order chi connectivity index (χ1) is 13.0. The van der Waals surface area contributed by atoms with Gasteiger partial charge in [0, 0.05) is 6.54 Å². The largest absolute Gasteiger partial charge is 0.493 e. The van der Waals surface area contributed by atoms with Crippen LogP contribution in [0.5, 0.6) is 11.5 Å². The minimum Gasteiger partial charge on any atom is -0.493 e. The molecule has 0 saturated carbocycles. The summed E-state index contributed by atoms with van der Waals surface area (Å²) < 4.78 is 16.6. The normalized spacial score (nSPS) is 28.7. The molecule has 2 saturated heterocycles. The number of aliphatic carboxylic acids is 1. The smallest absolute Gasteiger partial charge is 0.305 e. The van der Waals surface area contributed by atoms with E-state index in [0.717, 1.165) is 30.4 Å². The topological polar surface area (TPSA) is 85.3 Å². The van der Waals surface area contributed by atoms with Crippen molar-refractivity contribution in [2.45, 2.75) is 50.4 Å². The highest BCUT2D eigenvalue weighted by Gasteiger charge is 2.47. The number of hydrogen-bond donors (Lipinski definition) is 1. The number of fused-ring (bicyclic) bond motifs is 3. The van der Waals surface area contributed by atoms with Gasteiger partial charge in [-0.05, 0) is 48.9 Å². The van der Waals surface area contributed by atoms with Crippen molar-refractivity contribution in [2.24, 2.45) is 5.92 Å². The number of benzene rings is 1. The molecule has 27 heavy (non-hydrogen) atoms. The lowest BCUT2D eigenvalue weighted by molar-refractivity contribution is -0.144. The summed E-state index contributed by atoms with van der Waals surface area (Å²) in [6.45, 7) is 0.507. The number of carboxylic acids is 1. The first kappa shape index (κ1) is 18.1. The van der Waals surface area contributed by atoms with Gasteiger partial charge in [0.2, 0.25) is 5.91 Å². The minimum atomic E-state index is -0.926. The molecule has 7 nitrogen and oxygen atoms in total. The van der Waals surface area contributed by atoms with Gasteiger partial charge in [-0.3, -0.25) is 9.59 Å². The van der Waals surface area contributed by atoms with Gasteiger partial charge >= 0.3 is 5.97 Å². The van der Waals surface area contributed by atoms with Crippen LogP contribution in [-0.2, 0) is 20.7 Å². The maximum Gasteiger partial charge on any atom is 0.305 e. The van der Waals surface area contributed by atoms with E-state index in [1.165, 1.54) is 0 Å². The highest BCUT2D eigenvalue weighted by Crippen LogP contribution is 2.44. The Balaban J connectivity index is 1.67. The van der Waals surface area contributed by atoms with Crippen molar-refractivity contribution < 1.29 is 28.9 Å². The predicted octanol–water partition coefficient (Wildman–Crippen LogP) is 2.17. The maximum atomic E-state index is 13.3. The zero-order chi connectivity index (χ0) is 19.1. The van der Waals surface area contributed by atoms with Crippen molar-refractivity contribution in [1.82, 2.24) is 4.90 Å². The molecule has 4 rings (SSSR count). The molecule has 3 heterocycles. The monoisotopic (exact) mass is 375 g/mol. The average molecular weight is 375 g/mol. The Hall–Kier alpha value is -2.28. The Morgan fingerprint density at radius 1 is 1.22 bits per heavy atom. The summed E-state index contributed by atoms with van der Waals surface area (Å²) in [6.07, 6.45) is 3.39. The van der Waals surface area contributed by atoms with E-state index in [1.807, 2.05) is 12.1 Å². The molecule has 1 amide bonds. The molecule has 2 fully saturated rings. The zero-order valence-electron chi connectivity index (χ0n) is 15.6.